The highest BCUT2D eigenvalue weighted by molar-refractivity contribution is 6.01. The van der Waals surface area contributed by atoms with Gasteiger partial charge >= 0.3 is 0 Å². The number of ether oxygens (including phenoxy) is 1. The van der Waals surface area contributed by atoms with Crippen molar-refractivity contribution in [2.75, 3.05) is 24.6 Å². The molecule has 0 aromatic heterocycles. The van der Waals surface area contributed by atoms with E-state index in [1.54, 1.807) is 16.7 Å². The van der Waals surface area contributed by atoms with Crippen molar-refractivity contribution in [1.29, 1.82) is 0 Å². The number of amides is 2. The molecule has 26 heavy (non-hydrogen) atoms. The Morgan fingerprint density at radius 3 is 2.50 bits per heavy atom. The molecule has 1 aliphatic rings. The zero-order valence-corrected chi connectivity index (χ0v) is 15.2. The molecule has 1 unspecified atom stereocenters. The molecule has 1 saturated heterocycles. The molecule has 5 heteroatoms. The normalized spacial score (nSPS) is 17.3. The number of piperazine rings is 1. The van der Waals surface area contributed by atoms with Crippen LogP contribution in [0.3, 0.4) is 0 Å². The van der Waals surface area contributed by atoms with Gasteiger partial charge in [0.05, 0.1) is 18.7 Å². The minimum atomic E-state index is -0.491. The third kappa shape index (κ3) is 3.72. The molecule has 0 radical (unpaired) electrons. The Labute approximate surface area is 154 Å². The summed E-state index contributed by atoms with van der Waals surface area (Å²) in [6.45, 7) is 5.23. The van der Waals surface area contributed by atoms with E-state index in [2.05, 4.69) is 0 Å². The van der Waals surface area contributed by atoms with Crippen LogP contribution < -0.4 is 9.64 Å². The number of nitrogens with zero attached hydrogens (tertiary/aromatic N) is 2. The molecule has 2 aromatic rings. The van der Waals surface area contributed by atoms with Crippen molar-refractivity contribution in [3.8, 4) is 5.75 Å². The summed E-state index contributed by atoms with van der Waals surface area (Å²) in [5.41, 5.74) is 1.72. The second kappa shape index (κ2) is 8.04. The van der Waals surface area contributed by atoms with E-state index in [4.69, 9.17) is 4.74 Å². The molecule has 1 fully saturated rings. The van der Waals surface area contributed by atoms with Crippen molar-refractivity contribution in [3.63, 3.8) is 0 Å². The lowest BCUT2D eigenvalue weighted by Gasteiger charge is -2.39. The van der Waals surface area contributed by atoms with E-state index in [1.165, 1.54) is 0 Å². The van der Waals surface area contributed by atoms with E-state index in [9.17, 15) is 9.59 Å². The topological polar surface area (TPSA) is 49.9 Å². The standard InChI is InChI=1S/C21H24N2O3/c1-3-26-19-12-8-7-11-18(19)23-14-13-22(16(2)21(23)25)20(24)15-17-9-5-4-6-10-17/h4-12,16H,3,13-15H2,1-2H3. The summed E-state index contributed by atoms with van der Waals surface area (Å²) < 4.78 is 5.65. The Morgan fingerprint density at radius 1 is 1.08 bits per heavy atom. The van der Waals surface area contributed by atoms with Crippen molar-refractivity contribution >= 4 is 17.5 Å². The van der Waals surface area contributed by atoms with Crippen LogP contribution in [0.1, 0.15) is 19.4 Å². The van der Waals surface area contributed by atoms with Crippen molar-refractivity contribution in [1.82, 2.24) is 4.90 Å². The van der Waals surface area contributed by atoms with Gasteiger partial charge in [-0.15, -0.1) is 0 Å². The predicted octanol–water partition coefficient (Wildman–Crippen LogP) is 2.89. The highest BCUT2D eigenvalue weighted by atomic mass is 16.5. The van der Waals surface area contributed by atoms with Gasteiger partial charge in [-0.05, 0) is 31.5 Å². The van der Waals surface area contributed by atoms with Crippen LogP contribution in [0, 0.1) is 0 Å². The lowest BCUT2D eigenvalue weighted by atomic mass is 10.1. The molecule has 3 rings (SSSR count). The first-order valence-electron chi connectivity index (χ1n) is 8.98. The largest absolute Gasteiger partial charge is 0.492 e. The van der Waals surface area contributed by atoms with Crippen LogP contribution in [0.2, 0.25) is 0 Å². The Kier molecular flexibility index (Phi) is 5.56. The summed E-state index contributed by atoms with van der Waals surface area (Å²) in [5, 5.41) is 0. The van der Waals surface area contributed by atoms with Crippen molar-refractivity contribution in [3.05, 3.63) is 60.2 Å². The van der Waals surface area contributed by atoms with Crippen LogP contribution in [-0.2, 0) is 16.0 Å². The molecule has 0 saturated carbocycles. The molecule has 0 N–H and O–H groups in total. The van der Waals surface area contributed by atoms with Crippen molar-refractivity contribution < 1.29 is 14.3 Å². The average molecular weight is 352 g/mol. The summed E-state index contributed by atoms with van der Waals surface area (Å²) in [7, 11) is 0. The lowest BCUT2D eigenvalue weighted by Crippen LogP contribution is -2.58. The van der Waals surface area contributed by atoms with Gasteiger partial charge in [-0.1, -0.05) is 42.5 Å². The summed E-state index contributed by atoms with van der Waals surface area (Å²) in [6.07, 6.45) is 0.313. The molecular formula is C21H24N2O3. The third-order valence-electron chi connectivity index (χ3n) is 4.63. The fraction of sp³-hybridized carbons (Fsp3) is 0.333. The van der Waals surface area contributed by atoms with E-state index in [-0.39, 0.29) is 11.8 Å². The zero-order chi connectivity index (χ0) is 18.5. The van der Waals surface area contributed by atoms with Crippen LogP contribution in [-0.4, -0.2) is 42.5 Å². The number of para-hydroxylation sites is 2. The first kappa shape index (κ1) is 18.0. The van der Waals surface area contributed by atoms with E-state index < -0.39 is 6.04 Å². The quantitative estimate of drug-likeness (QED) is 0.831. The zero-order valence-electron chi connectivity index (χ0n) is 15.2. The highest BCUT2D eigenvalue weighted by Crippen LogP contribution is 2.30. The van der Waals surface area contributed by atoms with Gasteiger partial charge in [-0.2, -0.15) is 0 Å². The Morgan fingerprint density at radius 2 is 1.77 bits per heavy atom. The van der Waals surface area contributed by atoms with Gasteiger partial charge in [0.2, 0.25) is 11.8 Å². The lowest BCUT2D eigenvalue weighted by molar-refractivity contribution is -0.140. The van der Waals surface area contributed by atoms with Crippen LogP contribution >= 0.6 is 0 Å². The van der Waals surface area contributed by atoms with Crippen LogP contribution in [0.4, 0.5) is 5.69 Å². The van der Waals surface area contributed by atoms with Gasteiger partial charge in [-0.25, -0.2) is 0 Å². The highest BCUT2D eigenvalue weighted by Gasteiger charge is 2.35. The fourth-order valence-corrected chi connectivity index (χ4v) is 3.28. The van der Waals surface area contributed by atoms with Crippen molar-refractivity contribution in [2.45, 2.75) is 26.3 Å². The van der Waals surface area contributed by atoms with Gasteiger partial charge in [0.15, 0.2) is 0 Å². The molecule has 1 heterocycles. The monoisotopic (exact) mass is 352 g/mol. The molecular weight excluding hydrogens is 328 g/mol. The molecule has 2 aromatic carbocycles. The molecule has 1 atom stereocenters. The molecule has 136 valence electrons. The number of carbonyl (C=O) groups excluding carboxylic acids is 2. The molecule has 2 amide bonds. The van der Waals surface area contributed by atoms with E-state index in [0.29, 0.717) is 31.9 Å². The number of hydrogen-bond acceptors (Lipinski definition) is 3. The number of benzene rings is 2. The Balaban J connectivity index is 1.74. The van der Waals surface area contributed by atoms with Gasteiger partial charge < -0.3 is 14.5 Å². The summed E-state index contributed by atoms with van der Waals surface area (Å²) in [4.78, 5) is 29.0. The smallest absolute Gasteiger partial charge is 0.249 e. The maximum absolute atomic E-state index is 12.9. The van der Waals surface area contributed by atoms with Gasteiger partial charge in [0.1, 0.15) is 11.8 Å². The summed E-state index contributed by atoms with van der Waals surface area (Å²) >= 11 is 0. The van der Waals surface area contributed by atoms with Crippen LogP contribution in [0.5, 0.6) is 5.75 Å². The van der Waals surface area contributed by atoms with Gasteiger partial charge in [-0.3, -0.25) is 9.59 Å². The molecule has 1 aliphatic heterocycles. The first-order valence-corrected chi connectivity index (χ1v) is 8.98. The second-order valence-electron chi connectivity index (χ2n) is 6.32. The third-order valence-corrected chi connectivity index (χ3v) is 4.63. The molecule has 5 nitrogen and oxygen atoms in total. The number of anilines is 1. The second-order valence-corrected chi connectivity index (χ2v) is 6.32. The predicted molar refractivity (Wildman–Crippen MR) is 101 cm³/mol. The minimum absolute atomic E-state index is 0.0187. The molecule has 0 bridgehead atoms. The number of rotatable bonds is 5. The molecule has 0 aliphatic carbocycles. The van der Waals surface area contributed by atoms with Crippen molar-refractivity contribution in [2.24, 2.45) is 0 Å². The average Bonchev–Trinajstić information content (AvgIpc) is 2.65. The van der Waals surface area contributed by atoms with E-state index in [1.807, 2.05) is 61.5 Å². The van der Waals surface area contributed by atoms with Crippen LogP contribution in [0.25, 0.3) is 0 Å². The number of carbonyl (C=O) groups is 2. The Hall–Kier alpha value is -2.82. The van der Waals surface area contributed by atoms with Crippen LogP contribution in [0.15, 0.2) is 54.6 Å². The van der Waals surface area contributed by atoms with Gasteiger partial charge in [0.25, 0.3) is 0 Å². The maximum Gasteiger partial charge on any atom is 0.249 e. The SMILES string of the molecule is CCOc1ccccc1N1CCN(C(=O)Cc2ccccc2)C(C)C1=O. The number of hydrogen-bond donors (Lipinski definition) is 0. The fourth-order valence-electron chi connectivity index (χ4n) is 3.28. The summed E-state index contributed by atoms with van der Waals surface area (Å²) in [5.74, 6) is 0.597. The Bertz CT molecular complexity index is 776. The van der Waals surface area contributed by atoms with Gasteiger partial charge in [0, 0.05) is 13.1 Å². The van der Waals surface area contributed by atoms with E-state index >= 15 is 0 Å². The first-order chi connectivity index (χ1) is 12.6. The minimum Gasteiger partial charge on any atom is -0.492 e. The molecule has 0 spiro atoms. The maximum atomic E-state index is 12.9. The van der Waals surface area contributed by atoms with E-state index in [0.717, 1.165) is 11.3 Å². The summed E-state index contributed by atoms with van der Waals surface area (Å²) in [6, 6.07) is 16.7.